The summed E-state index contributed by atoms with van der Waals surface area (Å²) in [6, 6.07) is 0. The van der Waals surface area contributed by atoms with Gasteiger partial charge in [-0.2, -0.15) is 0 Å². The zero-order valence-corrected chi connectivity index (χ0v) is 10.6. The van der Waals surface area contributed by atoms with Crippen molar-refractivity contribution >= 4 is 11.9 Å². The number of aromatic nitrogens is 1. The number of esters is 2. The molecule has 17 heavy (non-hydrogen) atoms. The first-order chi connectivity index (χ1) is 7.93. The van der Waals surface area contributed by atoms with E-state index in [9.17, 15) is 9.59 Å². The van der Waals surface area contributed by atoms with Crippen LogP contribution in [-0.4, -0.2) is 31.1 Å². The van der Waals surface area contributed by atoms with E-state index in [0.717, 1.165) is 5.56 Å². The first-order valence-electron chi connectivity index (χ1n) is 5.08. The number of methoxy groups -OCH3 is 2. The summed E-state index contributed by atoms with van der Waals surface area (Å²) < 4.78 is 9.27. The minimum absolute atomic E-state index is 0.0000463. The van der Waals surface area contributed by atoms with Gasteiger partial charge < -0.3 is 9.47 Å². The van der Waals surface area contributed by atoms with E-state index in [1.807, 2.05) is 6.92 Å². The summed E-state index contributed by atoms with van der Waals surface area (Å²) in [5.74, 6) is -1.23. The van der Waals surface area contributed by atoms with Crippen LogP contribution in [0.4, 0.5) is 0 Å². The molecular weight excluding hydrogens is 222 g/mol. The average Bonchev–Trinajstić information content (AvgIpc) is 2.33. The maximum absolute atomic E-state index is 11.7. The summed E-state index contributed by atoms with van der Waals surface area (Å²) in [6.45, 7) is 5.36. The van der Waals surface area contributed by atoms with Crippen molar-refractivity contribution in [3.05, 3.63) is 28.1 Å². The fourth-order valence-electron chi connectivity index (χ4n) is 1.54. The molecule has 92 valence electrons. The van der Waals surface area contributed by atoms with Crippen LogP contribution in [0.3, 0.4) is 0 Å². The van der Waals surface area contributed by atoms with Crippen LogP contribution >= 0.6 is 0 Å². The van der Waals surface area contributed by atoms with Gasteiger partial charge >= 0.3 is 11.9 Å². The number of carbonyl (C=O) groups excluding carboxylic acids is 2. The van der Waals surface area contributed by atoms with Gasteiger partial charge in [0.1, 0.15) is 0 Å². The Bertz CT molecular complexity index is 480. The van der Waals surface area contributed by atoms with Gasteiger partial charge in [-0.25, -0.2) is 14.6 Å². The lowest BCUT2D eigenvalue weighted by atomic mass is 10.0. The largest absolute Gasteiger partial charge is 0.465 e. The number of hydrogen-bond donors (Lipinski definition) is 0. The fraction of sp³-hybridized carbons (Fsp3) is 0.417. The average molecular weight is 237 g/mol. The van der Waals surface area contributed by atoms with E-state index in [1.54, 1.807) is 13.8 Å². The normalized spacial score (nSPS) is 9.94. The Hall–Kier alpha value is -1.91. The highest BCUT2D eigenvalue weighted by molar-refractivity contribution is 6.03. The molecule has 0 fully saturated rings. The number of nitrogens with zero attached hydrogens (tertiary/aromatic N) is 1. The highest BCUT2D eigenvalue weighted by Gasteiger charge is 2.24. The SMILES string of the molecule is COC(=O)c1nc(C)c(C)c(C)c1C(=O)OC. The molecule has 0 aliphatic rings. The Morgan fingerprint density at radius 2 is 1.47 bits per heavy atom. The lowest BCUT2D eigenvalue weighted by molar-refractivity contribution is 0.0548. The zero-order valence-electron chi connectivity index (χ0n) is 10.6. The topological polar surface area (TPSA) is 65.5 Å². The van der Waals surface area contributed by atoms with Crippen LogP contribution in [0.2, 0.25) is 0 Å². The Labute approximate surface area is 99.8 Å². The number of rotatable bonds is 2. The standard InChI is InChI=1S/C12H15NO4/c1-6-7(2)9(11(14)16-4)10(12(15)17-5)13-8(6)3/h1-5H3. The first-order valence-corrected chi connectivity index (χ1v) is 5.08. The highest BCUT2D eigenvalue weighted by Crippen LogP contribution is 2.20. The Morgan fingerprint density at radius 1 is 0.941 bits per heavy atom. The summed E-state index contributed by atoms with van der Waals surface area (Å²) in [6.07, 6.45) is 0. The van der Waals surface area contributed by atoms with E-state index in [0.29, 0.717) is 11.3 Å². The van der Waals surface area contributed by atoms with Crippen LogP contribution in [-0.2, 0) is 9.47 Å². The number of hydrogen-bond acceptors (Lipinski definition) is 5. The van der Waals surface area contributed by atoms with Crippen molar-refractivity contribution in [1.82, 2.24) is 4.98 Å². The third-order valence-electron chi connectivity index (χ3n) is 2.76. The van der Waals surface area contributed by atoms with E-state index in [-0.39, 0.29) is 11.3 Å². The van der Waals surface area contributed by atoms with Crippen LogP contribution in [0.25, 0.3) is 0 Å². The van der Waals surface area contributed by atoms with Gasteiger partial charge in [-0.3, -0.25) is 0 Å². The molecule has 0 unspecified atom stereocenters. The van der Waals surface area contributed by atoms with E-state index < -0.39 is 11.9 Å². The second-order valence-corrected chi connectivity index (χ2v) is 3.65. The Kier molecular flexibility index (Phi) is 3.83. The van der Waals surface area contributed by atoms with Crippen molar-refractivity contribution in [1.29, 1.82) is 0 Å². The van der Waals surface area contributed by atoms with E-state index >= 15 is 0 Å². The Morgan fingerprint density at radius 3 is 1.94 bits per heavy atom. The van der Waals surface area contributed by atoms with Gasteiger partial charge in [0.05, 0.1) is 19.8 Å². The van der Waals surface area contributed by atoms with Crippen molar-refractivity contribution in [2.24, 2.45) is 0 Å². The van der Waals surface area contributed by atoms with Gasteiger partial charge in [0.2, 0.25) is 0 Å². The summed E-state index contributed by atoms with van der Waals surface area (Å²) in [5, 5.41) is 0. The monoisotopic (exact) mass is 237 g/mol. The van der Waals surface area contributed by atoms with E-state index in [1.165, 1.54) is 14.2 Å². The van der Waals surface area contributed by atoms with Crippen molar-refractivity contribution in [3.63, 3.8) is 0 Å². The molecule has 5 heteroatoms. The highest BCUT2D eigenvalue weighted by atomic mass is 16.5. The second kappa shape index (κ2) is 4.95. The third-order valence-corrected chi connectivity index (χ3v) is 2.76. The van der Waals surface area contributed by atoms with Crippen LogP contribution in [0.5, 0.6) is 0 Å². The van der Waals surface area contributed by atoms with Crippen molar-refractivity contribution in [2.75, 3.05) is 14.2 Å². The number of ether oxygens (including phenoxy) is 2. The lowest BCUT2D eigenvalue weighted by Gasteiger charge is -2.12. The molecule has 0 amide bonds. The number of carbonyl (C=O) groups is 2. The minimum Gasteiger partial charge on any atom is -0.465 e. The molecule has 1 heterocycles. The molecule has 0 aliphatic carbocycles. The molecule has 0 N–H and O–H groups in total. The van der Waals surface area contributed by atoms with Crippen LogP contribution < -0.4 is 0 Å². The Balaban J connectivity index is 3.57. The van der Waals surface area contributed by atoms with Gasteiger partial charge in [-0.1, -0.05) is 0 Å². The smallest absolute Gasteiger partial charge is 0.357 e. The molecule has 0 saturated carbocycles. The van der Waals surface area contributed by atoms with E-state index in [4.69, 9.17) is 0 Å². The number of pyridine rings is 1. The van der Waals surface area contributed by atoms with Crippen molar-refractivity contribution in [3.8, 4) is 0 Å². The first kappa shape index (κ1) is 13.2. The quantitative estimate of drug-likeness (QED) is 0.730. The predicted octanol–water partition coefficient (Wildman–Crippen LogP) is 1.58. The molecule has 1 rings (SSSR count). The predicted molar refractivity (Wildman–Crippen MR) is 61.1 cm³/mol. The van der Waals surface area contributed by atoms with Crippen molar-refractivity contribution < 1.29 is 19.1 Å². The third kappa shape index (κ3) is 2.27. The van der Waals surface area contributed by atoms with Gasteiger partial charge in [0.25, 0.3) is 0 Å². The molecule has 0 radical (unpaired) electrons. The maximum atomic E-state index is 11.7. The molecule has 0 aromatic carbocycles. The molecule has 1 aromatic rings. The van der Waals surface area contributed by atoms with Crippen LogP contribution in [0.15, 0.2) is 0 Å². The molecule has 1 aromatic heterocycles. The van der Waals surface area contributed by atoms with Crippen LogP contribution in [0, 0.1) is 20.8 Å². The van der Waals surface area contributed by atoms with E-state index in [2.05, 4.69) is 14.5 Å². The summed E-state index contributed by atoms with van der Waals surface area (Å²) in [7, 11) is 2.51. The number of aryl methyl sites for hydroxylation is 1. The van der Waals surface area contributed by atoms with Gasteiger partial charge in [-0.05, 0) is 31.9 Å². The van der Waals surface area contributed by atoms with Gasteiger partial charge in [0, 0.05) is 5.69 Å². The maximum Gasteiger partial charge on any atom is 0.357 e. The molecular formula is C12H15NO4. The molecule has 0 atom stereocenters. The summed E-state index contributed by atoms with van der Waals surface area (Å²) >= 11 is 0. The summed E-state index contributed by atoms with van der Waals surface area (Å²) in [4.78, 5) is 27.3. The molecule has 0 saturated heterocycles. The molecule has 5 nitrogen and oxygen atoms in total. The summed E-state index contributed by atoms with van der Waals surface area (Å²) in [5.41, 5.74) is 2.40. The molecule has 0 spiro atoms. The minimum atomic E-state index is -0.642. The fourth-order valence-corrected chi connectivity index (χ4v) is 1.54. The van der Waals surface area contributed by atoms with Gasteiger partial charge in [-0.15, -0.1) is 0 Å². The van der Waals surface area contributed by atoms with Gasteiger partial charge in [0.15, 0.2) is 5.69 Å². The lowest BCUT2D eigenvalue weighted by Crippen LogP contribution is -2.17. The van der Waals surface area contributed by atoms with Crippen LogP contribution in [0.1, 0.15) is 37.7 Å². The second-order valence-electron chi connectivity index (χ2n) is 3.65. The molecule has 0 aliphatic heterocycles. The van der Waals surface area contributed by atoms with Crippen molar-refractivity contribution in [2.45, 2.75) is 20.8 Å². The molecule has 0 bridgehead atoms. The zero-order chi connectivity index (χ0) is 13.2.